The van der Waals surface area contributed by atoms with E-state index in [1.165, 1.54) is 23.6 Å². The molecule has 2 N–H and O–H groups in total. The van der Waals surface area contributed by atoms with Crippen LogP contribution in [0.2, 0.25) is 0 Å². The van der Waals surface area contributed by atoms with Gasteiger partial charge in [0.25, 0.3) is 0 Å². The highest BCUT2D eigenvalue weighted by Gasteiger charge is 2.09. The summed E-state index contributed by atoms with van der Waals surface area (Å²) in [5.41, 5.74) is 3.90. The van der Waals surface area contributed by atoms with Gasteiger partial charge in [-0.15, -0.1) is 12.4 Å². The van der Waals surface area contributed by atoms with E-state index in [4.69, 9.17) is 0 Å². The van der Waals surface area contributed by atoms with Crippen molar-refractivity contribution in [3.8, 4) is 0 Å². The van der Waals surface area contributed by atoms with Crippen LogP contribution in [-0.2, 0) is 24.4 Å². The molecule has 0 spiro atoms. The summed E-state index contributed by atoms with van der Waals surface area (Å²) in [6.45, 7) is 4.08. The maximum absolute atomic E-state index is 10.7. The summed E-state index contributed by atoms with van der Waals surface area (Å²) in [6, 6.07) is 6.36. The zero-order chi connectivity index (χ0) is 9.97. The highest BCUT2D eigenvalue weighted by Crippen LogP contribution is 2.16. The minimum atomic E-state index is 0. The van der Waals surface area contributed by atoms with Crippen molar-refractivity contribution >= 4 is 18.3 Å². The molecular formula is C11H15ClN2O. The Morgan fingerprint density at radius 3 is 2.87 bits per heavy atom. The Kier molecular flexibility index (Phi) is 4.12. The third kappa shape index (κ3) is 2.94. The predicted octanol–water partition coefficient (Wildman–Crippen LogP) is 1.35. The van der Waals surface area contributed by atoms with Crippen LogP contribution in [0.3, 0.4) is 0 Å². The summed E-state index contributed by atoms with van der Waals surface area (Å²) in [5, 5.41) is 6.09. The highest BCUT2D eigenvalue weighted by atomic mass is 35.5. The Morgan fingerprint density at radius 1 is 1.40 bits per heavy atom. The van der Waals surface area contributed by atoms with E-state index < -0.39 is 0 Å². The molecule has 0 aromatic heterocycles. The van der Waals surface area contributed by atoms with Crippen LogP contribution in [0.25, 0.3) is 0 Å². The Hall–Kier alpha value is -1.06. The minimum Gasteiger partial charge on any atom is -0.352 e. The van der Waals surface area contributed by atoms with E-state index in [1.807, 2.05) is 0 Å². The molecule has 0 unspecified atom stereocenters. The van der Waals surface area contributed by atoms with Gasteiger partial charge in [-0.05, 0) is 16.7 Å². The zero-order valence-electron chi connectivity index (χ0n) is 8.67. The van der Waals surface area contributed by atoms with E-state index in [0.717, 1.165) is 13.1 Å². The molecule has 0 saturated carbocycles. The second-order valence-electron chi connectivity index (χ2n) is 3.62. The lowest BCUT2D eigenvalue weighted by Gasteiger charge is -2.04. The van der Waals surface area contributed by atoms with Gasteiger partial charge in [-0.2, -0.15) is 0 Å². The molecule has 1 amide bonds. The largest absolute Gasteiger partial charge is 0.352 e. The maximum atomic E-state index is 10.7. The van der Waals surface area contributed by atoms with Crippen LogP contribution in [0, 0.1) is 0 Å². The fraction of sp³-hybridized carbons (Fsp3) is 0.364. The average molecular weight is 227 g/mol. The molecule has 1 heterocycles. The molecule has 2 rings (SSSR count). The third-order valence-corrected chi connectivity index (χ3v) is 2.44. The number of fused-ring (bicyclic) bond motifs is 1. The molecule has 0 fully saturated rings. The van der Waals surface area contributed by atoms with E-state index in [9.17, 15) is 4.79 Å². The molecule has 1 aromatic carbocycles. The van der Waals surface area contributed by atoms with E-state index in [1.54, 1.807) is 0 Å². The first kappa shape index (κ1) is 12.0. The number of benzene rings is 1. The number of hydrogen-bond acceptors (Lipinski definition) is 2. The molecule has 0 atom stereocenters. The lowest BCUT2D eigenvalue weighted by Crippen LogP contribution is -2.18. The van der Waals surface area contributed by atoms with Gasteiger partial charge in [-0.3, -0.25) is 4.79 Å². The number of halogens is 1. The van der Waals surface area contributed by atoms with Crippen LogP contribution in [0.5, 0.6) is 0 Å². The van der Waals surface area contributed by atoms with E-state index in [-0.39, 0.29) is 18.3 Å². The van der Waals surface area contributed by atoms with Gasteiger partial charge in [0, 0.05) is 26.6 Å². The maximum Gasteiger partial charge on any atom is 0.217 e. The van der Waals surface area contributed by atoms with Crippen LogP contribution < -0.4 is 10.6 Å². The van der Waals surface area contributed by atoms with Gasteiger partial charge < -0.3 is 10.6 Å². The SMILES string of the molecule is CC(=O)NCc1ccc2c(c1)CNC2.Cl. The third-order valence-electron chi connectivity index (χ3n) is 2.44. The van der Waals surface area contributed by atoms with Crippen molar-refractivity contribution in [2.24, 2.45) is 0 Å². The van der Waals surface area contributed by atoms with E-state index in [0.29, 0.717) is 6.54 Å². The monoisotopic (exact) mass is 226 g/mol. The van der Waals surface area contributed by atoms with Crippen LogP contribution in [-0.4, -0.2) is 5.91 Å². The number of rotatable bonds is 2. The minimum absolute atomic E-state index is 0. The van der Waals surface area contributed by atoms with Crippen molar-refractivity contribution in [1.82, 2.24) is 10.6 Å². The average Bonchev–Trinajstić information content (AvgIpc) is 2.61. The van der Waals surface area contributed by atoms with E-state index >= 15 is 0 Å². The first-order valence-electron chi connectivity index (χ1n) is 4.81. The normalized spacial score (nSPS) is 12.9. The molecule has 4 heteroatoms. The zero-order valence-corrected chi connectivity index (χ0v) is 9.49. The Morgan fingerprint density at radius 2 is 2.13 bits per heavy atom. The predicted molar refractivity (Wildman–Crippen MR) is 61.8 cm³/mol. The Bertz CT molecular complexity index is 366. The topological polar surface area (TPSA) is 41.1 Å². The van der Waals surface area contributed by atoms with Crippen molar-refractivity contribution in [3.63, 3.8) is 0 Å². The second-order valence-corrected chi connectivity index (χ2v) is 3.62. The number of carbonyl (C=O) groups is 1. The summed E-state index contributed by atoms with van der Waals surface area (Å²) in [7, 11) is 0. The fourth-order valence-corrected chi connectivity index (χ4v) is 1.68. The molecule has 82 valence electrons. The molecule has 0 radical (unpaired) electrons. The van der Waals surface area contributed by atoms with E-state index in [2.05, 4.69) is 28.8 Å². The van der Waals surface area contributed by atoms with Crippen LogP contribution in [0.4, 0.5) is 0 Å². The van der Waals surface area contributed by atoms with Crippen molar-refractivity contribution in [3.05, 3.63) is 34.9 Å². The van der Waals surface area contributed by atoms with Gasteiger partial charge in [0.05, 0.1) is 0 Å². The van der Waals surface area contributed by atoms with Crippen LogP contribution in [0.15, 0.2) is 18.2 Å². The number of carbonyl (C=O) groups excluding carboxylic acids is 1. The molecule has 0 saturated heterocycles. The van der Waals surface area contributed by atoms with Gasteiger partial charge in [0.2, 0.25) is 5.91 Å². The quantitative estimate of drug-likeness (QED) is 0.800. The standard InChI is InChI=1S/C11H14N2O.ClH/c1-8(14)13-5-9-2-3-10-6-12-7-11(10)4-9;/h2-4,12H,5-7H2,1H3,(H,13,14);1H. The van der Waals surface area contributed by atoms with Crippen molar-refractivity contribution in [1.29, 1.82) is 0 Å². The summed E-state index contributed by atoms with van der Waals surface area (Å²) >= 11 is 0. The number of nitrogens with one attached hydrogen (secondary N) is 2. The van der Waals surface area contributed by atoms with Gasteiger partial charge in [-0.1, -0.05) is 18.2 Å². The van der Waals surface area contributed by atoms with Gasteiger partial charge in [0.15, 0.2) is 0 Å². The first-order valence-corrected chi connectivity index (χ1v) is 4.81. The van der Waals surface area contributed by atoms with Crippen molar-refractivity contribution < 1.29 is 4.79 Å². The molecular weight excluding hydrogens is 212 g/mol. The molecule has 0 bridgehead atoms. The van der Waals surface area contributed by atoms with Crippen LogP contribution >= 0.6 is 12.4 Å². The fourth-order valence-electron chi connectivity index (χ4n) is 1.68. The Balaban J connectivity index is 0.00000112. The van der Waals surface area contributed by atoms with Gasteiger partial charge in [-0.25, -0.2) is 0 Å². The first-order chi connectivity index (χ1) is 6.75. The lowest BCUT2D eigenvalue weighted by atomic mass is 10.1. The van der Waals surface area contributed by atoms with Gasteiger partial charge in [0.1, 0.15) is 0 Å². The highest BCUT2D eigenvalue weighted by molar-refractivity contribution is 5.85. The van der Waals surface area contributed by atoms with Crippen molar-refractivity contribution in [2.45, 2.75) is 26.6 Å². The molecule has 15 heavy (non-hydrogen) atoms. The molecule has 1 aromatic rings. The molecule has 0 aliphatic carbocycles. The molecule has 3 nitrogen and oxygen atoms in total. The summed E-state index contributed by atoms with van der Waals surface area (Å²) in [4.78, 5) is 10.7. The summed E-state index contributed by atoms with van der Waals surface area (Å²) < 4.78 is 0. The van der Waals surface area contributed by atoms with Crippen LogP contribution in [0.1, 0.15) is 23.6 Å². The summed E-state index contributed by atoms with van der Waals surface area (Å²) in [6.07, 6.45) is 0. The lowest BCUT2D eigenvalue weighted by molar-refractivity contribution is -0.119. The van der Waals surface area contributed by atoms with Gasteiger partial charge >= 0.3 is 0 Å². The number of amides is 1. The smallest absolute Gasteiger partial charge is 0.217 e. The Labute approximate surface area is 95.7 Å². The molecule has 1 aliphatic heterocycles. The second kappa shape index (κ2) is 5.14. The van der Waals surface area contributed by atoms with Crippen molar-refractivity contribution in [2.75, 3.05) is 0 Å². The molecule has 1 aliphatic rings. The number of hydrogen-bond donors (Lipinski definition) is 2. The summed E-state index contributed by atoms with van der Waals surface area (Å²) in [5.74, 6) is 0.0172.